The summed E-state index contributed by atoms with van der Waals surface area (Å²) in [6.45, 7) is 3.31. The maximum Gasteiger partial charge on any atom is 0.323 e. The highest BCUT2D eigenvalue weighted by molar-refractivity contribution is 6.42. The molecule has 1 aliphatic rings. The second-order valence-corrected chi connectivity index (χ2v) is 6.52. The molecule has 1 aromatic carbocycles. The van der Waals surface area contributed by atoms with E-state index in [-0.39, 0.29) is 12.1 Å². The lowest BCUT2D eigenvalue weighted by Crippen LogP contribution is -2.44. The van der Waals surface area contributed by atoms with Crippen molar-refractivity contribution in [2.45, 2.75) is 13.0 Å². The Hall–Kier alpha value is -1.76. The molecule has 1 aliphatic heterocycles. The number of hydrogen-bond donors (Lipinski definition) is 1. The maximum absolute atomic E-state index is 12.5. The first kappa shape index (κ1) is 17.1. The first-order valence-electron chi connectivity index (χ1n) is 7.57. The number of amides is 2. The van der Waals surface area contributed by atoms with Crippen molar-refractivity contribution in [1.82, 2.24) is 14.7 Å². The molecular formula is C16H18Cl2N4O2. The van der Waals surface area contributed by atoms with Crippen LogP contribution in [0.5, 0.6) is 0 Å². The van der Waals surface area contributed by atoms with Gasteiger partial charge in [-0.2, -0.15) is 5.10 Å². The summed E-state index contributed by atoms with van der Waals surface area (Å²) in [5.41, 5.74) is 1.75. The first-order chi connectivity index (χ1) is 11.4. The van der Waals surface area contributed by atoms with Crippen LogP contribution in [0, 0.1) is 6.92 Å². The first-order valence-corrected chi connectivity index (χ1v) is 8.33. The second kappa shape index (κ2) is 7.01. The fraction of sp³-hybridized carbons (Fsp3) is 0.375. The van der Waals surface area contributed by atoms with Crippen molar-refractivity contribution in [3.8, 4) is 0 Å². The summed E-state index contributed by atoms with van der Waals surface area (Å²) in [4.78, 5) is 14.2. The molecule has 128 valence electrons. The van der Waals surface area contributed by atoms with E-state index in [0.717, 1.165) is 11.3 Å². The normalized spacial score (nSPS) is 17.8. The number of benzene rings is 1. The molecule has 3 rings (SSSR count). The molecule has 0 saturated carbocycles. The summed E-state index contributed by atoms with van der Waals surface area (Å²) < 4.78 is 7.42. The van der Waals surface area contributed by atoms with E-state index in [1.807, 2.05) is 19.1 Å². The highest BCUT2D eigenvalue weighted by Gasteiger charge is 2.26. The smallest absolute Gasteiger partial charge is 0.323 e. The molecule has 0 radical (unpaired) electrons. The van der Waals surface area contributed by atoms with E-state index in [2.05, 4.69) is 10.4 Å². The van der Waals surface area contributed by atoms with Crippen molar-refractivity contribution in [1.29, 1.82) is 0 Å². The fourth-order valence-corrected chi connectivity index (χ4v) is 2.97. The van der Waals surface area contributed by atoms with Gasteiger partial charge in [0.1, 0.15) is 11.9 Å². The third-order valence-electron chi connectivity index (χ3n) is 3.91. The number of carbonyl (C=O) groups is 1. The van der Waals surface area contributed by atoms with Crippen molar-refractivity contribution in [3.05, 3.63) is 45.6 Å². The molecule has 1 atom stereocenters. The number of aromatic nitrogens is 2. The summed E-state index contributed by atoms with van der Waals surface area (Å²) >= 11 is 12.0. The van der Waals surface area contributed by atoms with E-state index in [9.17, 15) is 4.79 Å². The summed E-state index contributed by atoms with van der Waals surface area (Å²) in [5, 5.41) is 8.07. The van der Waals surface area contributed by atoms with Gasteiger partial charge in [-0.25, -0.2) is 4.79 Å². The van der Waals surface area contributed by atoms with Gasteiger partial charge in [0.15, 0.2) is 0 Å². The Kier molecular flexibility index (Phi) is 4.99. The van der Waals surface area contributed by atoms with Crippen molar-refractivity contribution in [2.24, 2.45) is 7.05 Å². The molecule has 0 spiro atoms. The van der Waals surface area contributed by atoms with Crippen LogP contribution >= 0.6 is 23.2 Å². The lowest BCUT2D eigenvalue weighted by molar-refractivity contribution is -0.0135. The Bertz CT molecular complexity index is 763. The largest absolute Gasteiger partial charge is 0.370 e. The molecule has 1 N–H and O–H groups in total. The molecule has 1 fully saturated rings. The number of aryl methyl sites for hydroxylation is 2. The van der Waals surface area contributed by atoms with Crippen LogP contribution in [-0.2, 0) is 11.8 Å². The quantitative estimate of drug-likeness (QED) is 0.879. The standard InChI is InChI=1S/C16H18Cl2N4O2/c1-10-7-15(21(2)20-10)19-16(23)22-5-6-24-14(9-22)11-3-4-12(17)13(18)8-11/h3-4,7-8,14H,5-6,9H2,1-2H3,(H,19,23)/t14-/m1/s1. The van der Waals surface area contributed by atoms with E-state index in [1.54, 1.807) is 28.8 Å². The molecule has 1 saturated heterocycles. The molecule has 6 nitrogen and oxygen atoms in total. The average molecular weight is 369 g/mol. The summed E-state index contributed by atoms with van der Waals surface area (Å²) in [6, 6.07) is 7.03. The Morgan fingerprint density at radius 2 is 2.12 bits per heavy atom. The van der Waals surface area contributed by atoms with Crippen LogP contribution in [-0.4, -0.2) is 40.4 Å². The van der Waals surface area contributed by atoms with E-state index < -0.39 is 0 Å². The minimum atomic E-state index is -0.229. The van der Waals surface area contributed by atoms with E-state index in [1.165, 1.54) is 0 Å². The Balaban J connectivity index is 1.69. The number of nitrogens with zero attached hydrogens (tertiary/aromatic N) is 3. The molecule has 0 unspecified atom stereocenters. The van der Waals surface area contributed by atoms with Crippen molar-refractivity contribution in [3.63, 3.8) is 0 Å². The van der Waals surface area contributed by atoms with E-state index >= 15 is 0 Å². The third kappa shape index (κ3) is 3.66. The van der Waals surface area contributed by atoms with Gasteiger partial charge < -0.3 is 9.64 Å². The number of urea groups is 1. The van der Waals surface area contributed by atoms with Crippen LogP contribution in [0.4, 0.5) is 10.6 Å². The number of ether oxygens (including phenoxy) is 1. The minimum absolute atomic E-state index is 0.175. The predicted octanol–water partition coefficient (Wildman–Crippen LogP) is 3.64. The monoisotopic (exact) mass is 368 g/mol. The molecule has 2 heterocycles. The highest BCUT2D eigenvalue weighted by atomic mass is 35.5. The van der Waals surface area contributed by atoms with Gasteiger partial charge in [0.05, 0.1) is 28.9 Å². The minimum Gasteiger partial charge on any atom is -0.370 e. The Morgan fingerprint density at radius 3 is 2.79 bits per heavy atom. The van der Waals surface area contributed by atoms with Gasteiger partial charge in [0, 0.05) is 19.7 Å². The summed E-state index contributed by atoms with van der Waals surface area (Å²) in [5.74, 6) is 0.662. The van der Waals surface area contributed by atoms with E-state index in [4.69, 9.17) is 27.9 Å². The highest BCUT2D eigenvalue weighted by Crippen LogP contribution is 2.29. The number of anilines is 1. The van der Waals surface area contributed by atoms with Gasteiger partial charge >= 0.3 is 6.03 Å². The van der Waals surface area contributed by atoms with Crippen LogP contribution < -0.4 is 5.32 Å². The summed E-state index contributed by atoms with van der Waals surface area (Å²) in [6.07, 6.45) is -0.229. The summed E-state index contributed by atoms with van der Waals surface area (Å²) in [7, 11) is 1.79. The zero-order chi connectivity index (χ0) is 17.3. The number of nitrogens with one attached hydrogen (secondary N) is 1. The van der Waals surface area contributed by atoms with Gasteiger partial charge in [-0.1, -0.05) is 29.3 Å². The Labute approximate surface area is 150 Å². The van der Waals surface area contributed by atoms with E-state index in [0.29, 0.717) is 35.6 Å². The second-order valence-electron chi connectivity index (χ2n) is 5.70. The number of rotatable bonds is 2. The molecule has 8 heteroatoms. The van der Waals surface area contributed by atoms with Crippen LogP contribution in [0.25, 0.3) is 0 Å². The molecule has 0 aliphatic carbocycles. The van der Waals surface area contributed by atoms with Crippen LogP contribution in [0.15, 0.2) is 24.3 Å². The van der Waals surface area contributed by atoms with Crippen LogP contribution in [0.1, 0.15) is 17.4 Å². The molecule has 2 amide bonds. The third-order valence-corrected chi connectivity index (χ3v) is 4.65. The van der Waals surface area contributed by atoms with Gasteiger partial charge in [-0.3, -0.25) is 10.00 Å². The predicted molar refractivity (Wildman–Crippen MR) is 93.7 cm³/mol. The molecule has 2 aromatic rings. The molecule has 0 bridgehead atoms. The molecule has 1 aromatic heterocycles. The molecule has 24 heavy (non-hydrogen) atoms. The fourth-order valence-electron chi connectivity index (χ4n) is 2.66. The zero-order valence-corrected chi connectivity index (χ0v) is 14.9. The number of morpholine rings is 1. The van der Waals surface area contributed by atoms with Crippen LogP contribution in [0.2, 0.25) is 10.0 Å². The van der Waals surface area contributed by atoms with Crippen LogP contribution in [0.3, 0.4) is 0 Å². The van der Waals surface area contributed by atoms with Crippen molar-refractivity contribution < 1.29 is 9.53 Å². The zero-order valence-electron chi connectivity index (χ0n) is 13.4. The number of hydrogen-bond acceptors (Lipinski definition) is 3. The Morgan fingerprint density at radius 1 is 1.33 bits per heavy atom. The number of halogens is 2. The van der Waals surface area contributed by atoms with Gasteiger partial charge in [-0.05, 0) is 24.6 Å². The number of carbonyl (C=O) groups excluding carboxylic acids is 1. The van der Waals surface area contributed by atoms with Crippen molar-refractivity contribution in [2.75, 3.05) is 25.0 Å². The lowest BCUT2D eigenvalue weighted by atomic mass is 10.1. The maximum atomic E-state index is 12.5. The van der Waals surface area contributed by atoms with Gasteiger partial charge in [-0.15, -0.1) is 0 Å². The lowest BCUT2D eigenvalue weighted by Gasteiger charge is -2.33. The molecular weight excluding hydrogens is 351 g/mol. The van der Waals surface area contributed by atoms with Gasteiger partial charge in [0.25, 0.3) is 0 Å². The topological polar surface area (TPSA) is 59.4 Å². The van der Waals surface area contributed by atoms with Crippen molar-refractivity contribution >= 4 is 35.1 Å². The van der Waals surface area contributed by atoms with Gasteiger partial charge in [0.2, 0.25) is 0 Å². The SMILES string of the molecule is Cc1cc(NC(=O)N2CCO[C@@H](c3ccc(Cl)c(Cl)c3)C2)n(C)n1. The average Bonchev–Trinajstić information content (AvgIpc) is 2.87.